The van der Waals surface area contributed by atoms with Gasteiger partial charge in [-0.15, -0.1) is 0 Å². The average molecular weight is 237 g/mol. The normalized spacial score (nSPS) is 10.1. The number of methoxy groups -OCH3 is 1. The Morgan fingerprint density at radius 3 is 2.92 bits per heavy atom. The van der Waals surface area contributed by atoms with E-state index in [-0.39, 0.29) is 0 Å². The number of unbranched alkanes of at least 4 members (excludes halogenated alkanes) is 1. The van der Waals surface area contributed by atoms with E-state index in [2.05, 4.69) is 6.58 Å². The summed E-state index contributed by atoms with van der Waals surface area (Å²) in [5, 5.41) is 1.30. The van der Waals surface area contributed by atoms with E-state index in [0.29, 0.717) is 21.6 Å². The molecule has 0 saturated carbocycles. The van der Waals surface area contributed by atoms with E-state index in [1.807, 2.05) is 6.08 Å². The molecule has 12 heavy (non-hydrogen) atoms. The second-order valence-corrected chi connectivity index (χ2v) is 4.57. The topological polar surface area (TPSA) is 18.5 Å². The second kappa shape index (κ2) is 11.2. The number of hydrogen-bond donors (Lipinski definition) is 0. The third-order valence-corrected chi connectivity index (χ3v) is 3.21. The van der Waals surface area contributed by atoms with Gasteiger partial charge in [-0.05, 0) is 0 Å². The first-order valence-corrected chi connectivity index (χ1v) is 6.59. The van der Waals surface area contributed by atoms with Crippen molar-refractivity contribution in [2.24, 2.45) is 0 Å². The van der Waals surface area contributed by atoms with Crippen LogP contribution in [0.5, 0.6) is 0 Å². The Labute approximate surface area is 81.5 Å². The van der Waals surface area contributed by atoms with Crippen molar-refractivity contribution < 1.29 is 9.47 Å². The molecule has 0 bridgehead atoms. The van der Waals surface area contributed by atoms with Gasteiger partial charge in [-0.3, -0.25) is 0 Å². The van der Waals surface area contributed by atoms with Gasteiger partial charge in [0.1, 0.15) is 0 Å². The zero-order chi connectivity index (χ0) is 9.07. The molecule has 0 unspecified atom stereocenters. The minimum absolute atomic E-state index is 0.650. The van der Waals surface area contributed by atoms with Gasteiger partial charge in [-0.1, -0.05) is 0 Å². The van der Waals surface area contributed by atoms with Crippen LogP contribution in [0.1, 0.15) is 12.8 Å². The number of allylic oxidation sites excluding steroid dienone is 1. The molecule has 0 fully saturated rings. The van der Waals surface area contributed by atoms with Crippen molar-refractivity contribution in [1.82, 2.24) is 0 Å². The Hall–Kier alpha value is 0.179. The second-order valence-electron chi connectivity index (χ2n) is 2.36. The van der Waals surface area contributed by atoms with Crippen LogP contribution in [-0.2, 0) is 9.47 Å². The van der Waals surface area contributed by atoms with Gasteiger partial charge in [0.2, 0.25) is 0 Å². The number of hydrogen-bond acceptors (Lipinski definition) is 2. The van der Waals surface area contributed by atoms with Crippen LogP contribution in [0.3, 0.4) is 0 Å². The molecular weight excluding hydrogens is 219 g/mol. The third kappa shape index (κ3) is 10.2. The summed E-state index contributed by atoms with van der Waals surface area (Å²) in [6, 6.07) is 0. The molecule has 2 nitrogen and oxygen atoms in total. The van der Waals surface area contributed by atoms with Crippen LogP contribution in [-0.4, -0.2) is 40.8 Å². The van der Waals surface area contributed by atoms with Crippen molar-refractivity contribution in [2.75, 3.05) is 25.8 Å². The van der Waals surface area contributed by atoms with Crippen LogP contribution in [0.2, 0.25) is 5.32 Å². The van der Waals surface area contributed by atoms with Gasteiger partial charge >= 0.3 is 81.1 Å². The molecule has 0 aliphatic carbocycles. The predicted molar refractivity (Wildman–Crippen MR) is 52.7 cm³/mol. The zero-order valence-electron chi connectivity index (χ0n) is 7.75. The summed E-state index contributed by atoms with van der Waals surface area (Å²) in [6.45, 7) is 5.13. The molecule has 0 heterocycles. The molecule has 0 aliphatic rings. The van der Waals surface area contributed by atoms with Crippen molar-refractivity contribution in [3.05, 3.63) is 12.7 Å². The molecule has 0 N–H and O–H groups in total. The molecule has 0 aromatic heterocycles. The van der Waals surface area contributed by atoms with Gasteiger partial charge in [-0.2, -0.15) is 0 Å². The molecule has 0 aliphatic heterocycles. The van der Waals surface area contributed by atoms with Crippen LogP contribution >= 0.6 is 0 Å². The average Bonchev–Trinajstić information content (AvgIpc) is 2.10. The summed E-state index contributed by atoms with van der Waals surface area (Å²) in [5.41, 5.74) is 0.924. The van der Waals surface area contributed by atoms with E-state index in [0.717, 1.165) is 18.5 Å². The minimum atomic E-state index is 0.650. The fraction of sp³-hybridized carbons (Fsp3) is 0.778. The molecule has 0 saturated heterocycles. The SMILES string of the molecule is C=CCCC[Se]COCCOC. The fourth-order valence-electron chi connectivity index (χ4n) is 0.649. The Morgan fingerprint density at radius 2 is 2.25 bits per heavy atom. The van der Waals surface area contributed by atoms with Gasteiger partial charge in [0.05, 0.1) is 0 Å². The van der Waals surface area contributed by atoms with Crippen LogP contribution in [0.4, 0.5) is 0 Å². The molecule has 72 valence electrons. The van der Waals surface area contributed by atoms with Crippen molar-refractivity contribution in [3.63, 3.8) is 0 Å². The Balaban J connectivity index is 2.77. The number of ether oxygens (including phenoxy) is 2. The number of rotatable bonds is 9. The Morgan fingerprint density at radius 1 is 1.42 bits per heavy atom. The third-order valence-electron chi connectivity index (χ3n) is 1.30. The first-order chi connectivity index (χ1) is 5.91. The van der Waals surface area contributed by atoms with E-state index >= 15 is 0 Å². The molecule has 0 aromatic carbocycles. The van der Waals surface area contributed by atoms with Crippen molar-refractivity contribution in [3.8, 4) is 0 Å². The van der Waals surface area contributed by atoms with Crippen molar-refractivity contribution >= 4 is 15.0 Å². The van der Waals surface area contributed by atoms with Crippen molar-refractivity contribution in [1.29, 1.82) is 0 Å². The van der Waals surface area contributed by atoms with Gasteiger partial charge in [0.15, 0.2) is 0 Å². The van der Waals surface area contributed by atoms with E-state index in [1.54, 1.807) is 7.11 Å². The van der Waals surface area contributed by atoms with Gasteiger partial charge in [0.25, 0.3) is 0 Å². The molecule has 0 amide bonds. The molecule has 0 atom stereocenters. The quantitative estimate of drug-likeness (QED) is 0.345. The Bertz CT molecular complexity index is 96.5. The van der Waals surface area contributed by atoms with Gasteiger partial charge < -0.3 is 0 Å². The van der Waals surface area contributed by atoms with Crippen LogP contribution in [0.25, 0.3) is 0 Å². The van der Waals surface area contributed by atoms with E-state index in [4.69, 9.17) is 9.47 Å². The summed E-state index contributed by atoms with van der Waals surface area (Å²) in [7, 11) is 1.69. The first kappa shape index (κ1) is 12.2. The van der Waals surface area contributed by atoms with Crippen LogP contribution < -0.4 is 0 Å². The van der Waals surface area contributed by atoms with Gasteiger partial charge in [-0.25, -0.2) is 0 Å². The maximum absolute atomic E-state index is 5.33. The predicted octanol–water partition coefficient (Wildman–Crippen LogP) is 1.70. The summed E-state index contributed by atoms with van der Waals surface area (Å²) >= 11 is 0.650. The maximum atomic E-state index is 5.33. The first-order valence-electron chi connectivity index (χ1n) is 4.17. The molecule has 0 radical (unpaired) electrons. The van der Waals surface area contributed by atoms with E-state index in [1.165, 1.54) is 11.7 Å². The molecular formula is C9H18O2Se. The molecule has 0 aromatic rings. The molecule has 3 heteroatoms. The van der Waals surface area contributed by atoms with Crippen LogP contribution in [0.15, 0.2) is 12.7 Å². The summed E-state index contributed by atoms with van der Waals surface area (Å²) in [4.78, 5) is 0. The van der Waals surface area contributed by atoms with E-state index < -0.39 is 0 Å². The van der Waals surface area contributed by atoms with Crippen LogP contribution in [0, 0.1) is 0 Å². The molecule has 0 spiro atoms. The summed E-state index contributed by atoms with van der Waals surface area (Å²) in [5.74, 6) is 0. The summed E-state index contributed by atoms with van der Waals surface area (Å²) < 4.78 is 10.2. The Kier molecular flexibility index (Phi) is 11.3. The monoisotopic (exact) mass is 238 g/mol. The van der Waals surface area contributed by atoms with Crippen molar-refractivity contribution in [2.45, 2.75) is 18.2 Å². The van der Waals surface area contributed by atoms with Gasteiger partial charge in [0, 0.05) is 0 Å². The fourth-order valence-corrected chi connectivity index (χ4v) is 2.17. The zero-order valence-corrected chi connectivity index (χ0v) is 9.46. The summed E-state index contributed by atoms with van der Waals surface area (Å²) in [6.07, 6.45) is 4.37. The standard InChI is InChI=1S/C9H18O2Se/c1-3-4-5-8-12-9-11-7-6-10-2/h3H,1,4-9H2,2H3. The van der Waals surface area contributed by atoms with E-state index in [9.17, 15) is 0 Å². The molecule has 0 rings (SSSR count).